The second-order valence-corrected chi connectivity index (χ2v) is 6.97. The van der Waals surface area contributed by atoms with Gasteiger partial charge in [-0.3, -0.25) is 4.79 Å². The molecule has 7 nitrogen and oxygen atoms in total. The van der Waals surface area contributed by atoms with Crippen molar-refractivity contribution >= 4 is 33.6 Å². The molecule has 5 aromatic rings. The van der Waals surface area contributed by atoms with Gasteiger partial charge in [0.1, 0.15) is 17.2 Å². The number of carbonyl (C=O) groups excluding carboxylic acids is 1. The largest absolute Gasteiger partial charge is 0.484 e. The number of ether oxygens (including phenoxy) is 1. The minimum absolute atomic E-state index is 0.183. The second kappa shape index (κ2) is 7.79. The molecule has 0 unspecified atom stereocenters. The smallest absolute Gasteiger partial charge is 0.336 e. The highest BCUT2D eigenvalue weighted by Crippen LogP contribution is 2.23. The van der Waals surface area contributed by atoms with Crippen molar-refractivity contribution in [2.45, 2.75) is 0 Å². The van der Waals surface area contributed by atoms with Crippen LogP contribution in [0.2, 0.25) is 0 Å². The Balaban J connectivity index is 1.27. The number of hydrogen-bond acceptors (Lipinski definition) is 5. The van der Waals surface area contributed by atoms with Gasteiger partial charge in [0, 0.05) is 28.8 Å². The fraction of sp³-hybridized carbons (Fsp3) is 0.0417. The molecule has 0 atom stereocenters. The summed E-state index contributed by atoms with van der Waals surface area (Å²) < 4.78 is 10.7. The number of carbonyl (C=O) groups is 1. The molecule has 31 heavy (non-hydrogen) atoms. The van der Waals surface area contributed by atoms with Crippen molar-refractivity contribution in [2.75, 3.05) is 11.9 Å². The molecule has 2 heterocycles. The van der Waals surface area contributed by atoms with Gasteiger partial charge in [0.05, 0.1) is 11.0 Å². The van der Waals surface area contributed by atoms with Crippen LogP contribution in [0.15, 0.2) is 88.1 Å². The van der Waals surface area contributed by atoms with Crippen LogP contribution in [0.5, 0.6) is 5.75 Å². The standard InChI is InChI=1S/C24H17N3O4/c28-22(14-30-18-10-8-15-9-11-23(29)31-21(15)13-18)25-17-5-3-4-16(12-17)24-26-19-6-1-2-7-20(19)27-24/h1-13H,14H2,(H,25,28)(H,26,27). The Kier molecular flexibility index (Phi) is 4.68. The van der Waals surface area contributed by atoms with Gasteiger partial charge < -0.3 is 19.5 Å². The molecule has 0 saturated carbocycles. The molecule has 0 saturated heterocycles. The summed E-state index contributed by atoms with van der Waals surface area (Å²) in [5.41, 5.74) is 3.30. The SMILES string of the molecule is O=C(COc1ccc2ccc(=O)oc2c1)Nc1cccc(-c2nc3ccccc3[nH]2)c1. The van der Waals surface area contributed by atoms with Gasteiger partial charge in [-0.25, -0.2) is 9.78 Å². The van der Waals surface area contributed by atoms with Crippen molar-refractivity contribution < 1.29 is 13.9 Å². The van der Waals surface area contributed by atoms with E-state index in [0.29, 0.717) is 17.0 Å². The molecule has 0 radical (unpaired) electrons. The van der Waals surface area contributed by atoms with Crippen LogP contribution in [0.3, 0.4) is 0 Å². The van der Waals surface area contributed by atoms with Gasteiger partial charge in [0.15, 0.2) is 6.61 Å². The van der Waals surface area contributed by atoms with Gasteiger partial charge in [0.25, 0.3) is 5.91 Å². The van der Waals surface area contributed by atoms with E-state index in [2.05, 4.69) is 15.3 Å². The molecule has 7 heteroatoms. The van der Waals surface area contributed by atoms with Crippen LogP contribution in [-0.2, 0) is 4.79 Å². The fourth-order valence-electron chi connectivity index (χ4n) is 3.31. The Bertz CT molecular complexity index is 1440. The third-order valence-corrected chi connectivity index (χ3v) is 4.77. The van der Waals surface area contributed by atoms with E-state index in [1.54, 1.807) is 30.3 Å². The first-order valence-corrected chi connectivity index (χ1v) is 9.66. The Morgan fingerprint density at radius 3 is 2.77 bits per heavy atom. The monoisotopic (exact) mass is 411 g/mol. The molecule has 2 aromatic heterocycles. The molecule has 0 aliphatic rings. The number of anilines is 1. The molecule has 0 aliphatic carbocycles. The van der Waals surface area contributed by atoms with Gasteiger partial charge in [-0.1, -0.05) is 24.3 Å². The summed E-state index contributed by atoms with van der Waals surface area (Å²) >= 11 is 0. The third kappa shape index (κ3) is 4.02. The fourth-order valence-corrected chi connectivity index (χ4v) is 3.31. The Labute approximate surface area is 176 Å². The van der Waals surface area contributed by atoms with Crippen LogP contribution < -0.4 is 15.7 Å². The number of nitrogens with zero attached hydrogens (tertiary/aromatic N) is 1. The average molecular weight is 411 g/mol. The molecule has 2 N–H and O–H groups in total. The minimum atomic E-state index is -0.438. The number of imidazole rings is 1. The highest BCUT2D eigenvalue weighted by atomic mass is 16.5. The maximum absolute atomic E-state index is 12.4. The first-order valence-electron chi connectivity index (χ1n) is 9.66. The zero-order chi connectivity index (χ0) is 21.2. The molecular weight excluding hydrogens is 394 g/mol. The number of fused-ring (bicyclic) bond motifs is 2. The van der Waals surface area contributed by atoms with Crippen LogP contribution in [0.4, 0.5) is 5.69 Å². The van der Waals surface area contributed by atoms with Crippen molar-refractivity contribution in [1.82, 2.24) is 9.97 Å². The number of para-hydroxylation sites is 2. The van der Waals surface area contributed by atoms with Gasteiger partial charge in [-0.15, -0.1) is 0 Å². The third-order valence-electron chi connectivity index (χ3n) is 4.77. The predicted molar refractivity (Wildman–Crippen MR) is 118 cm³/mol. The summed E-state index contributed by atoms with van der Waals surface area (Å²) in [4.78, 5) is 31.6. The zero-order valence-corrected chi connectivity index (χ0v) is 16.3. The number of nitrogens with one attached hydrogen (secondary N) is 2. The van der Waals surface area contributed by atoms with Crippen molar-refractivity contribution in [2.24, 2.45) is 0 Å². The molecular formula is C24H17N3O4. The molecule has 152 valence electrons. The van der Waals surface area contributed by atoms with Gasteiger partial charge in [-0.05, 0) is 42.5 Å². The highest BCUT2D eigenvalue weighted by Gasteiger charge is 2.09. The molecule has 5 rings (SSSR count). The predicted octanol–water partition coefficient (Wildman–Crippen LogP) is 4.35. The quantitative estimate of drug-likeness (QED) is 0.419. The molecule has 1 amide bonds. The molecule has 0 fully saturated rings. The summed E-state index contributed by atoms with van der Waals surface area (Å²) in [6.07, 6.45) is 0. The Morgan fingerprint density at radius 1 is 1.00 bits per heavy atom. The topological polar surface area (TPSA) is 97.2 Å². The van der Waals surface area contributed by atoms with Crippen molar-refractivity contribution in [3.05, 3.63) is 89.3 Å². The van der Waals surface area contributed by atoms with E-state index in [1.807, 2.05) is 42.5 Å². The van der Waals surface area contributed by atoms with E-state index in [1.165, 1.54) is 6.07 Å². The lowest BCUT2D eigenvalue weighted by molar-refractivity contribution is -0.118. The normalized spacial score (nSPS) is 11.0. The van der Waals surface area contributed by atoms with E-state index in [-0.39, 0.29) is 12.5 Å². The maximum Gasteiger partial charge on any atom is 0.336 e. The molecule has 0 bridgehead atoms. The second-order valence-electron chi connectivity index (χ2n) is 6.97. The zero-order valence-electron chi connectivity index (χ0n) is 16.3. The summed E-state index contributed by atoms with van der Waals surface area (Å²) in [5.74, 6) is 0.857. The van der Waals surface area contributed by atoms with Crippen molar-refractivity contribution in [3.63, 3.8) is 0 Å². The van der Waals surface area contributed by atoms with Crippen LogP contribution in [-0.4, -0.2) is 22.5 Å². The van der Waals surface area contributed by atoms with Crippen molar-refractivity contribution in [3.8, 4) is 17.1 Å². The van der Waals surface area contributed by atoms with E-state index in [0.717, 1.165) is 27.8 Å². The Morgan fingerprint density at radius 2 is 1.87 bits per heavy atom. The van der Waals surface area contributed by atoms with Crippen molar-refractivity contribution in [1.29, 1.82) is 0 Å². The average Bonchev–Trinajstić information content (AvgIpc) is 3.22. The van der Waals surface area contributed by atoms with Crippen LogP contribution in [0.25, 0.3) is 33.4 Å². The summed E-state index contributed by atoms with van der Waals surface area (Å²) in [5, 5.41) is 3.60. The summed E-state index contributed by atoms with van der Waals surface area (Å²) in [7, 11) is 0. The number of hydrogen-bond donors (Lipinski definition) is 2. The number of aromatic amines is 1. The maximum atomic E-state index is 12.4. The first-order chi connectivity index (χ1) is 15.1. The lowest BCUT2D eigenvalue weighted by Gasteiger charge is -2.09. The van der Waals surface area contributed by atoms with Crippen LogP contribution >= 0.6 is 0 Å². The first kappa shape index (κ1) is 18.6. The number of rotatable bonds is 5. The minimum Gasteiger partial charge on any atom is -0.484 e. The van der Waals surface area contributed by atoms with E-state index >= 15 is 0 Å². The molecule has 3 aromatic carbocycles. The summed E-state index contributed by atoms with van der Waals surface area (Å²) in [6.45, 7) is -0.183. The number of aromatic nitrogens is 2. The number of H-pyrrole nitrogens is 1. The highest BCUT2D eigenvalue weighted by molar-refractivity contribution is 5.92. The van der Waals surface area contributed by atoms with E-state index in [9.17, 15) is 9.59 Å². The molecule has 0 aliphatic heterocycles. The van der Waals surface area contributed by atoms with E-state index < -0.39 is 5.63 Å². The lowest BCUT2D eigenvalue weighted by Crippen LogP contribution is -2.20. The van der Waals surface area contributed by atoms with Gasteiger partial charge >= 0.3 is 5.63 Å². The van der Waals surface area contributed by atoms with Crippen LogP contribution in [0, 0.1) is 0 Å². The Hall–Kier alpha value is -4.39. The van der Waals surface area contributed by atoms with E-state index in [4.69, 9.17) is 9.15 Å². The summed E-state index contributed by atoms with van der Waals surface area (Å²) in [6, 6.07) is 23.3. The van der Waals surface area contributed by atoms with Crippen LogP contribution in [0.1, 0.15) is 0 Å². The number of benzene rings is 3. The lowest BCUT2D eigenvalue weighted by atomic mass is 10.2. The van der Waals surface area contributed by atoms with Gasteiger partial charge in [0.2, 0.25) is 0 Å². The van der Waals surface area contributed by atoms with Gasteiger partial charge in [-0.2, -0.15) is 0 Å². The number of amides is 1. The molecule has 0 spiro atoms.